The molecule has 0 aromatic heterocycles. The Morgan fingerprint density at radius 1 is 1.39 bits per heavy atom. The maximum atomic E-state index is 13.7. The molecule has 0 saturated carbocycles. The van der Waals surface area contributed by atoms with Gasteiger partial charge in [-0.05, 0) is 19.1 Å². The van der Waals surface area contributed by atoms with Crippen molar-refractivity contribution in [3.8, 4) is 0 Å². The lowest BCUT2D eigenvalue weighted by Gasteiger charge is -2.21. The van der Waals surface area contributed by atoms with E-state index in [2.05, 4.69) is 4.74 Å². The largest absolute Gasteiger partial charge is 0.464 e. The number of benzene rings is 1. The van der Waals surface area contributed by atoms with E-state index in [9.17, 15) is 18.7 Å². The monoisotopic (exact) mass is 259 g/mol. The van der Waals surface area contributed by atoms with Gasteiger partial charge in [-0.25, -0.2) is 13.6 Å². The fourth-order valence-corrected chi connectivity index (χ4v) is 1.61. The molecule has 0 radical (unpaired) electrons. The highest BCUT2D eigenvalue weighted by Crippen LogP contribution is 2.31. The zero-order valence-electron chi connectivity index (χ0n) is 10.4. The third-order valence-corrected chi connectivity index (χ3v) is 2.35. The van der Waals surface area contributed by atoms with Crippen LogP contribution in [0.3, 0.4) is 0 Å². The smallest absolute Gasteiger partial charge is 0.339 e. The molecule has 0 saturated heterocycles. The molecular formula is C12H15F2NO3. The SMILES string of the molecule is CCOC(=O)C(O)c1c(F)ccc(F)c1N(C)C. The van der Waals surface area contributed by atoms with Gasteiger partial charge in [0.25, 0.3) is 0 Å². The summed E-state index contributed by atoms with van der Waals surface area (Å²) in [7, 11) is 2.97. The molecule has 0 aliphatic carbocycles. The lowest BCUT2D eigenvalue weighted by atomic mass is 10.1. The number of ether oxygens (including phenoxy) is 1. The highest BCUT2D eigenvalue weighted by atomic mass is 19.1. The number of halogens is 2. The number of carbonyl (C=O) groups is 1. The van der Waals surface area contributed by atoms with Gasteiger partial charge in [0.1, 0.15) is 11.6 Å². The van der Waals surface area contributed by atoms with E-state index in [1.165, 1.54) is 19.0 Å². The first-order valence-electron chi connectivity index (χ1n) is 5.40. The average Bonchev–Trinajstić information content (AvgIpc) is 2.30. The predicted octanol–water partition coefficient (Wildman–Crippen LogP) is 1.63. The molecule has 1 N–H and O–H groups in total. The van der Waals surface area contributed by atoms with Crippen LogP contribution in [0.4, 0.5) is 14.5 Å². The van der Waals surface area contributed by atoms with Crippen LogP contribution in [0.15, 0.2) is 12.1 Å². The van der Waals surface area contributed by atoms with Gasteiger partial charge in [0.05, 0.1) is 17.9 Å². The van der Waals surface area contributed by atoms with E-state index >= 15 is 0 Å². The number of rotatable bonds is 4. The second kappa shape index (κ2) is 5.77. The van der Waals surface area contributed by atoms with E-state index in [1.54, 1.807) is 6.92 Å². The number of aliphatic hydroxyl groups is 1. The van der Waals surface area contributed by atoms with Crippen molar-refractivity contribution in [2.75, 3.05) is 25.6 Å². The minimum absolute atomic E-state index is 0.0458. The third-order valence-electron chi connectivity index (χ3n) is 2.35. The molecule has 6 heteroatoms. The Labute approximate surface area is 104 Å². The molecule has 0 heterocycles. The molecule has 1 unspecified atom stereocenters. The Bertz CT molecular complexity index is 449. The molecule has 1 aromatic rings. The van der Waals surface area contributed by atoms with Gasteiger partial charge in [0, 0.05) is 14.1 Å². The summed E-state index contributed by atoms with van der Waals surface area (Å²) in [6, 6.07) is 1.80. The Morgan fingerprint density at radius 2 is 1.94 bits per heavy atom. The molecule has 1 rings (SSSR count). The van der Waals surface area contributed by atoms with E-state index in [4.69, 9.17) is 0 Å². The van der Waals surface area contributed by atoms with Crippen molar-refractivity contribution in [3.05, 3.63) is 29.3 Å². The summed E-state index contributed by atoms with van der Waals surface area (Å²) in [5.74, 6) is -2.59. The summed E-state index contributed by atoms with van der Waals surface area (Å²) in [6.07, 6.45) is -1.85. The number of anilines is 1. The first kappa shape index (κ1) is 14.4. The summed E-state index contributed by atoms with van der Waals surface area (Å²) in [5.41, 5.74) is -0.589. The van der Waals surface area contributed by atoms with Crippen LogP contribution in [0.1, 0.15) is 18.6 Å². The average molecular weight is 259 g/mol. The quantitative estimate of drug-likeness (QED) is 0.835. The lowest BCUT2D eigenvalue weighted by molar-refractivity contribution is -0.153. The molecule has 1 atom stereocenters. The first-order valence-corrected chi connectivity index (χ1v) is 5.40. The third kappa shape index (κ3) is 2.76. The van der Waals surface area contributed by atoms with Gasteiger partial charge in [-0.3, -0.25) is 0 Å². The summed E-state index contributed by atoms with van der Waals surface area (Å²) < 4.78 is 31.9. The van der Waals surface area contributed by atoms with E-state index in [0.717, 1.165) is 12.1 Å². The Hall–Kier alpha value is -1.69. The van der Waals surface area contributed by atoms with E-state index in [1.807, 2.05) is 0 Å². The molecule has 0 aliphatic heterocycles. The van der Waals surface area contributed by atoms with Gasteiger partial charge in [0.2, 0.25) is 0 Å². The number of hydrogen-bond donors (Lipinski definition) is 1. The van der Waals surface area contributed by atoms with Crippen LogP contribution in [0.2, 0.25) is 0 Å². The number of nitrogens with zero attached hydrogens (tertiary/aromatic N) is 1. The number of aliphatic hydroxyl groups excluding tert-OH is 1. The maximum absolute atomic E-state index is 13.7. The Kier molecular flexibility index (Phi) is 4.61. The van der Waals surface area contributed by atoms with Crippen LogP contribution >= 0.6 is 0 Å². The number of carbonyl (C=O) groups excluding carboxylic acids is 1. The molecule has 0 fully saturated rings. The lowest BCUT2D eigenvalue weighted by Crippen LogP contribution is -2.22. The molecule has 0 amide bonds. The van der Waals surface area contributed by atoms with Crippen molar-refractivity contribution in [3.63, 3.8) is 0 Å². The molecule has 100 valence electrons. The van der Waals surface area contributed by atoms with E-state index in [-0.39, 0.29) is 12.3 Å². The van der Waals surface area contributed by atoms with Crippen molar-refractivity contribution < 1.29 is 23.4 Å². The van der Waals surface area contributed by atoms with Crippen LogP contribution < -0.4 is 4.90 Å². The van der Waals surface area contributed by atoms with Crippen LogP contribution in [0, 0.1) is 11.6 Å². The van der Waals surface area contributed by atoms with Crippen molar-refractivity contribution in [1.29, 1.82) is 0 Å². The van der Waals surface area contributed by atoms with Crippen LogP contribution in [-0.4, -0.2) is 31.8 Å². The summed E-state index contributed by atoms with van der Waals surface area (Å²) in [5, 5.41) is 9.75. The second-order valence-electron chi connectivity index (χ2n) is 3.84. The van der Waals surface area contributed by atoms with E-state index in [0.29, 0.717) is 0 Å². The standard InChI is InChI=1S/C12H15F2NO3/c1-4-18-12(17)11(16)9-7(13)5-6-8(14)10(9)15(2)3/h5-6,11,16H,4H2,1-3H3. The van der Waals surface area contributed by atoms with Crippen LogP contribution in [0.25, 0.3) is 0 Å². The Morgan fingerprint density at radius 3 is 2.44 bits per heavy atom. The van der Waals surface area contributed by atoms with Crippen molar-refractivity contribution >= 4 is 11.7 Å². The second-order valence-corrected chi connectivity index (χ2v) is 3.84. The molecule has 1 aromatic carbocycles. The molecule has 0 bridgehead atoms. The maximum Gasteiger partial charge on any atom is 0.339 e. The van der Waals surface area contributed by atoms with Gasteiger partial charge in [-0.1, -0.05) is 0 Å². The number of hydrogen-bond acceptors (Lipinski definition) is 4. The number of esters is 1. The van der Waals surface area contributed by atoms with Gasteiger partial charge >= 0.3 is 5.97 Å². The van der Waals surface area contributed by atoms with Gasteiger partial charge in [-0.15, -0.1) is 0 Å². The fourth-order valence-electron chi connectivity index (χ4n) is 1.61. The minimum Gasteiger partial charge on any atom is -0.464 e. The van der Waals surface area contributed by atoms with Gasteiger partial charge in [-0.2, -0.15) is 0 Å². The van der Waals surface area contributed by atoms with Crippen LogP contribution in [0.5, 0.6) is 0 Å². The van der Waals surface area contributed by atoms with Crippen LogP contribution in [-0.2, 0) is 9.53 Å². The van der Waals surface area contributed by atoms with E-state index < -0.39 is 29.3 Å². The molecular weight excluding hydrogens is 244 g/mol. The zero-order valence-corrected chi connectivity index (χ0v) is 10.4. The minimum atomic E-state index is -1.85. The van der Waals surface area contributed by atoms with Gasteiger partial charge < -0.3 is 14.7 Å². The normalized spacial score (nSPS) is 12.1. The molecule has 0 aliphatic rings. The van der Waals surface area contributed by atoms with Crippen molar-refractivity contribution in [2.24, 2.45) is 0 Å². The zero-order chi connectivity index (χ0) is 13.9. The highest BCUT2D eigenvalue weighted by Gasteiger charge is 2.28. The topological polar surface area (TPSA) is 49.8 Å². The predicted molar refractivity (Wildman–Crippen MR) is 62.3 cm³/mol. The molecule has 18 heavy (non-hydrogen) atoms. The summed E-state index contributed by atoms with van der Waals surface area (Å²) >= 11 is 0. The van der Waals surface area contributed by atoms with Gasteiger partial charge in [0.15, 0.2) is 6.10 Å². The summed E-state index contributed by atoms with van der Waals surface area (Å²) in [4.78, 5) is 12.7. The summed E-state index contributed by atoms with van der Waals surface area (Å²) in [6.45, 7) is 1.60. The van der Waals surface area contributed by atoms with Crippen molar-refractivity contribution in [2.45, 2.75) is 13.0 Å². The highest BCUT2D eigenvalue weighted by molar-refractivity contribution is 5.79. The first-order chi connectivity index (χ1) is 8.40. The van der Waals surface area contributed by atoms with Crippen molar-refractivity contribution in [1.82, 2.24) is 0 Å². The fraction of sp³-hybridized carbons (Fsp3) is 0.417. The Balaban J connectivity index is 3.29. The molecule has 4 nitrogen and oxygen atoms in total. The molecule has 0 spiro atoms.